The van der Waals surface area contributed by atoms with Gasteiger partial charge in [-0.2, -0.15) is 0 Å². The standard InChI is InChI=1S/C20H24FN5O3.CH4/c1-28-15-5-7-26(8-6-15)20-24-10-14(11-25-20)16-4-2-3-13(19(16)21)12-29-18(27)9-17(22)23;/h2-4,10-11,15H,5-9,12H2,1H3,(H3,22,23);1H4. The number of esters is 1. The van der Waals surface area contributed by atoms with Crippen molar-refractivity contribution in [2.45, 2.75) is 39.4 Å². The number of ether oxygens (including phenoxy) is 2. The highest BCUT2D eigenvalue weighted by molar-refractivity contribution is 5.94. The summed E-state index contributed by atoms with van der Waals surface area (Å²) in [5, 5.41) is 7.09. The van der Waals surface area contributed by atoms with Crippen LogP contribution in [0.15, 0.2) is 30.6 Å². The van der Waals surface area contributed by atoms with E-state index in [1.54, 1.807) is 31.6 Å². The quantitative estimate of drug-likeness (QED) is 0.404. The van der Waals surface area contributed by atoms with Crippen molar-refractivity contribution in [3.63, 3.8) is 0 Å². The molecule has 2 heterocycles. The Morgan fingerprint density at radius 2 is 1.97 bits per heavy atom. The van der Waals surface area contributed by atoms with Gasteiger partial charge in [0.1, 0.15) is 24.7 Å². The summed E-state index contributed by atoms with van der Waals surface area (Å²) < 4.78 is 25.2. The molecule has 3 rings (SSSR count). The first kappa shape index (κ1) is 23.2. The highest BCUT2D eigenvalue weighted by Gasteiger charge is 2.21. The second kappa shape index (κ2) is 10.6. The number of aromatic nitrogens is 2. The lowest BCUT2D eigenvalue weighted by Crippen LogP contribution is -2.37. The van der Waals surface area contributed by atoms with Crippen LogP contribution >= 0.6 is 0 Å². The second-order valence-corrected chi connectivity index (χ2v) is 6.84. The van der Waals surface area contributed by atoms with Crippen molar-refractivity contribution in [2.75, 3.05) is 25.1 Å². The van der Waals surface area contributed by atoms with Gasteiger partial charge in [0.2, 0.25) is 5.95 Å². The SMILES string of the molecule is C.COC1CCN(c2ncc(-c3cccc(COC(=O)CC(=N)N)c3F)cn2)CC1. The Bertz CT molecular complexity index is 867. The second-order valence-electron chi connectivity index (χ2n) is 6.84. The molecule has 1 aliphatic rings. The van der Waals surface area contributed by atoms with Gasteiger partial charge in [0.25, 0.3) is 0 Å². The summed E-state index contributed by atoms with van der Waals surface area (Å²) in [5.74, 6) is -0.862. The molecule has 0 aliphatic carbocycles. The largest absolute Gasteiger partial charge is 0.460 e. The van der Waals surface area contributed by atoms with Gasteiger partial charge in [0.05, 0.1) is 6.10 Å². The third-order valence-electron chi connectivity index (χ3n) is 4.81. The van der Waals surface area contributed by atoms with Crippen LogP contribution in [0.1, 0.15) is 32.3 Å². The van der Waals surface area contributed by atoms with Crippen molar-refractivity contribution in [3.8, 4) is 11.1 Å². The Morgan fingerprint density at radius 1 is 1.30 bits per heavy atom. The van der Waals surface area contributed by atoms with E-state index in [9.17, 15) is 9.18 Å². The number of hydrogen-bond donors (Lipinski definition) is 2. The van der Waals surface area contributed by atoms with Crippen LogP contribution in [0.2, 0.25) is 0 Å². The number of rotatable bonds is 7. The molecular formula is C21H28FN5O3. The number of nitrogens with zero attached hydrogens (tertiary/aromatic N) is 3. The topological polar surface area (TPSA) is 114 Å². The summed E-state index contributed by atoms with van der Waals surface area (Å²) in [6, 6.07) is 4.84. The van der Waals surface area contributed by atoms with Gasteiger partial charge < -0.3 is 20.1 Å². The normalized spacial score (nSPS) is 14.1. The molecule has 8 nitrogen and oxygen atoms in total. The van der Waals surface area contributed by atoms with E-state index in [2.05, 4.69) is 14.9 Å². The van der Waals surface area contributed by atoms with Crippen LogP contribution in [0.25, 0.3) is 11.1 Å². The van der Waals surface area contributed by atoms with Gasteiger partial charge in [0.15, 0.2) is 0 Å². The zero-order valence-corrected chi connectivity index (χ0v) is 16.2. The molecule has 0 bridgehead atoms. The number of nitrogens with one attached hydrogen (secondary N) is 1. The number of amidine groups is 1. The molecule has 30 heavy (non-hydrogen) atoms. The van der Waals surface area contributed by atoms with Gasteiger partial charge >= 0.3 is 5.97 Å². The van der Waals surface area contributed by atoms with Gasteiger partial charge in [-0.05, 0) is 12.8 Å². The minimum absolute atomic E-state index is 0. The van der Waals surface area contributed by atoms with Gasteiger partial charge in [-0.15, -0.1) is 0 Å². The number of benzene rings is 1. The predicted molar refractivity (Wildman–Crippen MR) is 113 cm³/mol. The molecule has 9 heteroatoms. The molecule has 3 N–H and O–H groups in total. The van der Waals surface area contributed by atoms with Crippen molar-refractivity contribution < 1.29 is 18.7 Å². The van der Waals surface area contributed by atoms with E-state index in [4.69, 9.17) is 20.6 Å². The lowest BCUT2D eigenvalue weighted by Gasteiger charge is -2.31. The van der Waals surface area contributed by atoms with E-state index < -0.39 is 11.8 Å². The number of hydrogen-bond acceptors (Lipinski definition) is 7. The van der Waals surface area contributed by atoms with E-state index >= 15 is 0 Å². The van der Waals surface area contributed by atoms with E-state index in [-0.39, 0.29) is 38.0 Å². The fourth-order valence-electron chi connectivity index (χ4n) is 3.19. The van der Waals surface area contributed by atoms with Crippen LogP contribution in [0.3, 0.4) is 0 Å². The molecule has 162 valence electrons. The number of piperidine rings is 1. The molecule has 1 fully saturated rings. The van der Waals surface area contributed by atoms with Crippen molar-refractivity contribution in [2.24, 2.45) is 5.73 Å². The molecule has 0 amide bonds. The summed E-state index contributed by atoms with van der Waals surface area (Å²) >= 11 is 0. The van der Waals surface area contributed by atoms with Crippen LogP contribution in [-0.4, -0.2) is 48.1 Å². The fraction of sp³-hybridized carbons (Fsp3) is 0.429. The van der Waals surface area contributed by atoms with Crippen LogP contribution in [0.4, 0.5) is 10.3 Å². The third-order valence-corrected chi connectivity index (χ3v) is 4.81. The van der Waals surface area contributed by atoms with Gasteiger partial charge in [0, 0.05) is 49.3 Å². The zero-order chi connectivity index (χ0) is 20.8. The summed E-state index contributed by atoms with van der Waals surface area (Å²) in [6.45, 7) is 1.39. The minimum atomic E-state index is -0.674. The van der Waals surface area contributed by atoms with Gasteiger partial charge in [-0.25, -0.2) is 14.4 Å². The monoisotopic (exact) mass is 417 g/mol. The lowest BCUT2D eigenvalue weighted by atomic mass is 10.0. The molecule has 2 aromatic rings. The average Bonchev–Trinajstić information content (AvgIpc) is 2.73. The molecule has 1 aromatic heterocycles. The van der Waals surface area contributed by atoms with Crippen LogP contribution in [0, 0.1) is 11.2 Å². The number of halogens is 1. The van der Waals surface area contributed by atoms with Gasteiger partial charge in [-0.1, -0.05) is 25.6 Å². The molecule has 0 saturated carbocycles. The molecule has 0 unspecified atom stereocenters. The maximum atomic E-state index is 14.9. The lowest BCUT2D eigenvalue weighted by molar-refractivity contribution is -0.143. The van der Waals surface area contributed by atoms with Crippen LogP contribution in [-0.2, 0) is 20.9 Å². The van der Waals surface area contributed by atoms with E-state index in [0.717, 1.165) is 25.9 Å². The molecule has 1 aromatic carbocycles. The highest BCUT2D eigenvalue weighted by atomic mass is 19.1. The number of carbonyl (C=O) groups is 1. The Kier molecular flexibility index (Phi) is 8.23. The summed E-state index contributed by atoms with van der Waals surface area (Å²) in [5.41, 5.74) is 6.25. The Balaban J connectivity index is 0.00000320. The Morgan fingerprint density at radius 3 is 2.57 bits per heavy atom. The Hall–Kier alpha value is -3.07. The van der Waals surface area contributed by atoms with Gasteiger partial charge in [-0.3, -0.25) is 10.2 Å². The zero-order valence-electron chi connectivity index (χ0n) is 16.2. The van der Waals surface area contributed by atoms with Crippen LogP contribution < -0.4 is 10.6 Å². The van der Waals surface area contributed by atoms with E-state index in [0.29, 0.717) is 17.1 Å². The maximum absolute atomic E-state index is 14.9. The first-order chi connectivity index (χ1) is 14.0. The molecule has 1 aliphatic heterocycles. The van der Waals surface area contributed by atoms with Crippen molar-refractivity contribution in [1.82, 2.24) is 9.97 Å². The number of nitrogens with two attached hydrogens (primary N) is 1. The predicted octanol–water partition coefficient (Wildman–Crippen LogP) is 2.90. The number of carbonyl (C=O) groups excluding carboxylic acids is 1. The molecular weight excluding hydrogens is 389 g/mol. The maximum Gasteiger partial charge on any atom is 0.313 e. The average molecular weight is 417 g/mol. The third kappa shape index (κ3) is 5.73. The number of anilines is 1. The summed E-state index contributed by atoms with van der Waals surface area (Å²) in [4.78, 5) is 22.4. The number of methoxy groups -OCH3 is 1. The molecule has 0 spiro atoms. The Labute approximate surface area is 175 Å². The van der Waals surface area contributed by atoms with E-state index in [1.165, 1.54) is 6.07 Å². The van der Waals surface area contributed by atoms with Crippen LogP contribution in [0.5, 0.6) is 0 Å². The molecule has 0 radical (unpaired) electrons. The first-order valence-electron chi connectivity index (χ1n) is 9.34. The van der Waals surface area contributed by atoms with E-state index in [1.807, 2.05) is 0 Å². The minimum Gasteiger partial charge on any atom is -0.460 e. The first-order valence-corrected chi connectivity index (χ1v) is 9.34. The highest BCUT2D eigenvalue weighted by Crippen LogP contribution is 2.26. The summed E-state index contributed by atoms with van der Waals surface area (Å²) in [6.07, 6.45) is 4.97. The van der Waals surface area contributed by atoms with Crippen molar-refractivity contribution in [3.05, 3.63) is 42.0 Å². The van der Waals surface area contributed by atoms with Crippen molar-refractivity contribution >= 4 is 17.8 Å². The fourth-order valence-corrected chi connectivity index (χ4v) is 3.19. The smallest absolute Gasteiger partial charge is 0.313 e. The molecule has 1 saturated heterocycles. The summed E-state index contributed by atoms with van der Waals surface area (Å²) in [7, 11) is 1.72. The van der Waals surface area contributed by atoms with Crippen molar-refractivity contribution in [1.29, 1.82) is 5.41 Å². The molecule has 0 atom stereocenters.